The van der Waals surface area contributed by atoms with E-state index in [2.05, 4.69) is 30.1 Å². The van der Waals surface area contributed by atoms with Crippen molar-refractivity contribution >= 4 is 0 Å². The average Bonchev–Trinajstić information content (AvgIpc) is 2.89. The summed E-state index contributed by atoms with van der Waals surface area (Å²) in [5.41, 5.74) is 0. The molecule has 1 aromatic rings. The summed E-state index contributed by atoms with van der Waals surface area (Å²) in [6, 6.07) is 5.30. The summed E-state index contributed by atoms with van der Waals surface area (Å²) >= 11 is 0. The number of piperidine rings is 1. The van der Waals surface area contributed by atoms with Crippen LogP contribution in [0.15, 0.2) is 22.8 Å². The largest absolute Gasteiger partial charge is 0.469 e. The lowest BCUT2D eigenvalue weighted by Gasteiger charge is -2.37. The SMILES string of the molecule is CCCNC1CCCN(C(C)Cc2ccco2)C1. The molecule has 0 aromatic carbocycles. The maximum atomic E-state index is 5.44. The average molecular weight is 250 g/mol. The molecule has 1 aromatic heterocycles. The molecule has 0 radical (unpaired) electrons. The van der Waals surface area contributed by atoms with Gasteiger partial charge >= 0.3 is 0 Å². The topological polar surface area (TPSA) is 28.4 Å². The second kappa shape index (κ2) is 6.95. The number of furan rings is 1. The van der Waals surface area contributed by atoms with Crippen LogP contribution in [0, 0.1) is 0 Å². The number of nitrogens with zero attached hydrogens (tertiary/aromatic N) is 1. The Kier molecular flexibility index (Phi) is 5.26. The molecular formula is C15H26N2O. The van der Waals surface area contributed by atoms with E-state index in [9.17, 15) is 0 Å². The second-order valence-electron chi connectivity index (χ2n) is 5.42. The summed E-state index contributed by atoms with van der Waals surface area (Å²) in [6.07, 6.45) is 6.64. The maximum absolute atomic E-state index is 5.44. The highest BCUT2D eigenvalue weighted by Gasteiger charge is 2.23. The van der Waals surface area contributed by atoms with Crippen LogP contribution in [0.2, 0.25) is 0 Å². The Morgan fingerprint density at radius 3 is 3.17 bits per heavy atom. The van der Waals surface area contributed by atoms with E-state index in [-0.39, 0.29) is 0 Å². The van der Waals surface area contributed by atoms with Gasteiger partial charge in [-0.05, 0) is 51.4 Å². The third-order valence-electron chi connectivity index (χ3n) is 3.84. The Morgan fingerprint density at radius 1 is 1.56 bits per heavy atom. The van der Waals surface area contributed by atoms with Gasteiger partial charge in [-0.2, -0.15) is 0 Å². The first-order chi connectivity index (χ1) is 8.79. The van der Waals surface area contributed by atoms with Gasteiger partial charge in [0.25, 0.3) is 0 Å². The van der Waals surface area contributed by atoms with Crippen LogP contribution in [-0.4, -0.2) is 36.6 Å². The lowest BCUT2D eigenvalue weighted by Crippen LogP contribution is -2.49. The molecule has 0 saturated carbocycles. The smallest absolute Gasteiger partial charge is 0.105 e. The fourth-order valence-electron chi connectivity index (χ4n) is 2.77. The van der Waals surface area contributed by atoms with E-state index in [0.29, 0.717) is 12.1 Å². The molecule has 2 atom stereocenters. The molecule has 3 heteroatoms. The van der Waals surface area contributed by atoms with Crippen molar-refractivity contribution in [2.24, 2.45) is 0 Å². The van der Waals surface area contributed by atoms with Gasteiger partial charge in [-0.1, -0.05) is 6.92 Å². The molecule has 3 nitrogen and oxygen atoms in total. The molecule has 18 heavy (non-hydrogen) atoms. The maximum Gasteiger partial charge on any atom is 0.105 e. The van der Waals surface area contributed by atoms with E-state index < -0.39 is 0 Å². The summed E-state index contributed by atoms with van der Waals surface area (Å²) < 4.78 is 5.44. The minimum atomic E-state index is 0.572. The first-order valence-electron chi connectivity index (χ1n) is 7.29. The number of rotatable bonds is 6. The van der Waals surface area contributed by atoms with Crippen molar-refractivity contribution in [2.75, 3.05) is 19.6 Å². The van der Waals surface area contributed by atoms with Gasteiger partial charge in [-0.25, -0.2) is 0 Å². The van der Waals surface area contributed by atoms with Gasteiger partial charge in [0, 0.05) is 25.0 Å². The minimum Gasteiger partial charge on any atom is -0.469 e. The minimum absolute atomic E-state index is 0.572. The second-order valence-corrected chi connectivity index (χ2v) is 5.42. The fourth-order valence-corrected chi connectivity index (χ4v) is 2.77. The van der Waals surface area contributed by atoms with Crippen molar-refractivity contribution in [3.05, 3.63) is 24.2 Å². The Balaban J connectivity index is 1.80. The molecule has 1 aliphatic heterocycles. The molecule has 1 saturated heterocycles. The van der Waals surface area contributed by atoms with Crippen molar-refractivity contribution in [3.8, 4) is 0 Å². The lowest BCUT2D eigenvalue weighted by molar-refractivity contribution is 0.141. The van der Waals surface area contributed by atoms with E-state index >= 15 is 0 Å². The molecule has 0 spiro atoms. The third kappa shape index (κ3) is 3.85. The molecule has 2 rings (SSSR count). The van der Waals surface area contributed by atoms with Gasteiger partial charge in [0.2, 0.25) is 0 Å². The lowest BCUT2D eigenvalue weighted by atomic mass is 10.0. The third-order valence-corrected chi connectivity index (χ3v) is 3.84. The summed E-state index contributed by atoms with van der Waals surface area (Å²) in [4.78, 5) is 2.60. The molecular weight excluding hydrogens is 224 g/mol. The molecule has 1 aliphatic rings. The molecule has 2 heterocycles. The van der Waals surface area contributed by atoms with E-state index in [1.165, 1.54) is 32.4 Å². The van der Waals surface area contributed by atoms with E-state index in [0.717, 1.165) is 18.7 Å². The van der Waals surface area contributed by atoms with Crippen LogP contribution in [0.5, 0.6) is 0 Å². The standard InChI is InChI=1S/C15H26N2O/c1-3-8-16-14-6-4-9-17(12-14)13(2)11-15-7-5-10-18-15/h5,7,10,13-14,16H,3-4,6,8-9,11-12H2,1-2H3. The zero-order valence-electron chi connectivity index (χ0n) is 11.7. The highest BCUT2D eigenvalue weighted by molar-refractivity contribution is 5.00. The van der Waals surface area contributed by atoms with Gasteiger partial charge in [-0.3, -0.25) is 4.90 Å². The van der Waals surface area contributed by atoms with Gasteiger partial charge in [-0.15, -0.1) is 0 Å². The van der Waals surface area contributed by atoms with Crippen LogP contribution in [-0.2, 0) is 6.42 Å². The van der Waals surface area contributed by atoms with Crippen molar-refractivity contribution < 1.29 is 4.42 Å². The molecule has 0 bridgehead atoms. The van der Waals surface area contributed by atoms with E-state index in [1.54, 1.807) is 6.26 Å². The first-order valence-corrected chi connectivity index (χ1v) is 7.29. The van der Waals surface area contributed by atoms with Crippen LogP contribution in [0.4, 0.5) is 0 Å². The fraction of sp³-hybridized carbons (Fsp3) is 0.733. The van der Waals surface area contributed by atoms with Crippen LogP contribution in [0.1, 0.15) is 38.9 Å². The van der Waals surface area contributed by atoms with Crippen LogP contribution >= 0.6 is 0 Å². The van der Waals surface area contributed by atoms with Crippen LogP contribution in [0.3, 0.4) is 0 Å². The Morgan fingerprint density at radius 2 is 2.44 bits per heavy atom. The monoisotopic (exact) mass is 250 g/mol. The predicted octanol–water partition coefficient (Wildman–Crippen LogP) is 2.67. The summed E-state index contributed by atoms with van der Waals surface area (Å²) in [5, 5.41) is 3.65. The number of hydrogen-bond acceptors (Lipinski definition) is 3. The summed E-state index contributed by atoms with van der Waals surface area (Å²) in [5.74, 6) is 1.10. The number of hydrogen-bond donors (Lipinski definition) is 1. The Hall–Kier alpha value is -0.800. The molecule has 102 valence electrons. The highest BCUT2D eigenvalue weighted by atomic mass is 16.3. The van der Waals surface area contributed by atoms with Crippen molar-refractivity contribution in [2.45, 2.75) is 51.6 Å². The van der Waals surface area contributed by atoms with Crippen LogP contribution < -0.4 is 5.32 Å². The molecule has 1 N–H and O–H groups in total. The van der Waals surface area contributed by atoms with E-state index in [1.807, 2.05) is 6.07 Å². The van der Waals surface area contributed by atoms with Gasteiger partial charge < -0.3 is 9.73 Å². The van der Waals surface area contributed by atoms with E-state index in [4.69, 9.17) is 4.42 Å². The molecule has 0 amide bonds. The Labute approximate surface area is 111 Å². The molecule has 1 fully saturated rings. The van der Waals surface area contributed by atoms with Crippen molar-refractivity contribution in [1.82, 2.24) is 10.2 Å². The summed E-state index contributed by atoms with van der Waals surface area (Å²) in [7, 11) is 0. The predicted molar refractivity (Wildman–Crippen MR) is 74.8 cm³/mol. The normalized spacial score (nSPS) is 23.1. The van der Waals surface area contributed by atoms with Crippen molar-refractivity contribution in [1.29, 1.82) is 0 Å². The molecule has 0 aliphatic carbocycles. The zero-order chi connectivity index (χ0) is 12.8. The first kappa shape index (κ1) is 13.6. The quantitative estimate of drug-likeness (QED) is 0.841. The van der Waals surface area contributed by atoms with Gasteiger partial charge in [0.1, 0.15) is 5.76 Å². The van der Waals surface area contributed by atoms with Gasteiger partial charge in [0.05, 0.1) is 6.26 Å². The number of nitrogens with one attached hydrogen (secondary N) is 1. The molecule has 2 unspecified atom stereocenters. The summed E-state index contributed by atoms with van der Waals surface area (Å²) in [6.45, 7) is 8.09. The Bertz CT molecular complexity index is 323. The van der Waals surface area contributed by atoms with Gasteiger partial charge in [0.15, 0.2) is 0 Å². The number of likely N-dealkylation sites (tertiary alicyclic amines) is 1. The zero-order valence-corrected chi connectivity index (χ0v) is 11.7. The van der Waals surface area contributed by atoms with Crippen molar-refractivity contribution in [3.63, 3.8) is 0 Å². The van der Waals surface area contributed by atoms with Crippen LogP contribution in [0.25, 0.3) is 0 Å². The highest BCUT2D eigenvalue weighted by Crippen LogP contribution is 2.16.